The zero-order chi connectivity index (χ0) is 6.83. The van der Waals surface area contributed by atoms with Crippen LogP contribution in [0.1, 0.15) is 26.2 Å². The number of hydrogen-bond donors (Lipinski definition) is 1. The Hall–Kier alpha value is -0.370. The summed E-state index contributed by atoms with van der Waals surface area (Å²) in [5.74, 6) is 0. The van der Waals surface area contributed by atoms with Crippen molar-refractivity contribution in [3.63, 3.8) is 0 Å². The van der Waals surface area contributed by atoms with Crippen molar-refractivity contribution < 1.29 is 4.79 Å². The Morgan fingerprint density at radius 1 is 1.50 bits per heavy atom. The summed E-state index contributed by atoms with van der Waals surface area (Å²) < 4.78 is 0. The fraction of sp³-hybridized carbons (Fsp3) is 0.833. The summed E-state index contributed by atoms with van der Waals surface area (Å²) in [5.41, 5.74) is 4.50. The molecule has 0 saturated heterocycles. The molecule has 0 aromatic carbocycles. The van der Waals surface area contributed by atoms with Crippen LogP contribution in [-0.4, -0.2) is 13.3 Å². The molecule has 0 aliphatic heterocycles. The van der Waals surface area contributed by atoms with Crippen molar-refractivity contribution in [2.75, 3.05) is 7.05 Å². The molecule has 0 rings (SSSR count). The van der Waals surface area contributed by atoms with Crippen LogP contribution in [0, 0.1) is 0 Å². The summed E-state index contributed by atoms with van der Waals surface area (Å²) in [7, 11) is 1.50. The van der Waals surface area contributed by atoms with Crippen molar-refractivity contribution in [3.05, 3.63) is 0 Å². The fourth-order valence-corrected chi connectivity index (χ4v) is 0.287. The lowest BCUT2D eigenvalue weighted by Crippen LogP contribution is -1.70. The minimum absolute atomic E-state index is 0.733. The SMILES string of the molecule is CCCCC=O.CN. The summed E-state index contributed by atoms with van der Waals surface area (Å²) in [5, 5.41) is 0. The molecule has 2 nitrogen and oxygen atoms in total. The van der Waals surface area contributed by atoms with E-state index in [0.717, 1.165) is 25.5 Å². The molecule has 50 valence electrons. The average Bonchev–Trinajstić information content (AvgIpc) is 1.88. The minimum Gasteiger partial charge on any atom is -0.333 e. The Morgan fingerprint density at radius 2 is 2.00 bits per heavy atom. The Labute approximate surface area is 51.1 Å². The maximum Gasteiger partial charge on any atom is 0.119 e. The molecule has 0 atom stereocenters. The molecule has 2 heteroatoms. The highest BCUT2D eigenvalue weighted by atomic mass is 16.1. The van der Waals surface area contributed by atoms with Gasteiger partial charge in [-0.05, 0) is 13.5 Å². The van der Waals surface area contributed by atoms with Crippen LogP contribution in [-0.2, 0) is 4.79 Å². The van der Waals surface area contributed by atoms with Crippen molar-refractivity contribution in [3.8, 4) is 0 Å². The van der Waals surface area contributed by atoms with Crippen LogP contribution in [0.15, 0.2) is 0 Å². The molecule has 0 fully saturated rings. The van der Waals surface area contributed by atoms with Gasteiger partial charge in [0.25, 0.3) is 0 Å². The Balaban J connectivity index is 0. The summed E-state index contributed by atoms with van der Waals surface area (Å²) >= 11 is 0. The fourth-order valence-electron chi connectivity index (χ4n) is 0.287. The van der Waals surface area contributed by atoms with Gasteiger partial charge in [-0.3, -0.25) is 0 Å². The van der Waals surface area contributed by atoms with Crippen LogP contribution in [0.3, 0.4) is 0 Å². The van der Waals surface area contributed by atoms with Gasteiger partial charge in [0.1, 0.15) is 6.29 Å². The van der Waals surface area contributed by atoms with Crippen molar-refractivity contribution in [2.45, 2.75) is 26.2 Å². The first-order valence-corrected chi connectivity index (χ1v) is 2.93. The first-order chi connectivity index (χ1) is 3.91. The molecule has 0 heterocycles. The zero-order valence-electron chi connectivity index (χ0n) is 5.68. The van der Waals surface area contributed by atoms with Crippen molar-refractivity contribution in [1.82, 2.24) is 0 Å². The average molecular weight is 117 g/mol. The summed E-state index contributed by atoms with van der Waals surface area (Å²) in [4.78, 5) is 9.56. The number of aldehydes is 1. The molecule has 0 aliphatic rings. The van der Waals surface area contributed by atoms with E-state index in [2.05, 4.69) is 12.7 Å². The van der Waals surface area contributed by atoms with E-state index >= 15 is 0 Å². The summed E-state index contributed by atoms with van der Waals surface area (Å²) in [6.45, 7) is 2.07. The first kappa shape index (κ1) is 10.6. The third-order valence-corrected chi connectivity index (χ3v) is 0.676. The highest BCUT2D eigenvalue weighted by Crippen LogP contribution is 1.87. The quantitative estimate of drug-likeness (QED) is 0.442. The lowest BCUT2D eigenvalue weighted by atomic mass is 10.3. The molecule has 0 saturated carbocycles. The van der Waals surface area contributed by atoms with Gasteiger partial charge in [-0.15, -0.1) is 0 Å². The third kappa shape index (κ3) is 17.4. The van der Waals surface area contributed by atoms with E-state index in [4.69, 9.17) is 0 Å². The van der Waals surface area contributed by atoms with E-state index in [1.54, 1.807) is 0 Å². The normalized spacial score (nSPS) is 6.88. The number of carbonyl (C=O) groups is 1. The molecular formula is C6H15NO. The molecule has 2 N–H and O–H groups in total. The van der Waals surface area contributed by atoms with Crippen molar-refractivity contribution >= 4 is 6.29 Å². The second kappa shape index (κ2) is 15.9. The first-order valence-electron chi connectivity index (χ1n) is 2.93. The zero-order valence-corrected chi connectivity index (χ0v) is 5.68. The minimum atomic E-state index is 0.733. The predicted octanol–water partition coefficient (Wildman–Crippen LogP) is 0.950. The molecule has 0 radical (unpaired) electrons. The van der Waals surface area contributed by atoms with E-state index in [-0.39, 0.29) is 0 Å². The van der Waals surface area contributed by atoms with Crippen LogP contribution in [0.4, 0.5) is 0 Å². The standard InChI is InChI=1S/C5H10O.CH5N/c1-2-3-4-5-6;1-2/h5H,2-4H2,1H3;2H2,1H3. The highest BCUT2D eigenvalue weighted by Gasteiger charge is 1.74. The van der Waals surface area contributed by atoms with Gasteiger partial charge in [0.2, 0.25) is 0 Å². The number of nitrogens with two attached hydrogens (primary N) is 1. The van der Waals surface area contributed by atoms with Gasteiger partial charge in [-0.25, -0.2) is 0 Å². The molecular weight excluding hydrogens is 102 g/mol. The van der Waals surface area contributed by atoms with Gasteiger partial charge >= 0.3 is 0 Å². The lowest BCUT2D eigenvalue weighted by molar-refractivity contribution is -0.107. The molecule has 0 amide bonds. The van der Waals surface area contributed by atoms with Gasteiger partial charge in [-0.1, -0.05) is 13.3 Å². The smallest absolute Gasteiger partial charge is 0.119 e. The molecule has 0 aromatic rings. The highest BCUT2D eigenvalue weighted by molar-refractivity contribution is 5.48. The van der Waals surface area contributed by atoms with E-state index < -0.39 is 0 Å². The molecule has 0 aliphatic carbocycles. The van der Waals surface area contributed by atoms with E-state index in [9.17, 15) is 4.79 Å². The number of carbonyl (C=O) groups excluding carboxylic acids is 1. The van der Waals surface area contributed by atoms with Gasteiger partial charge in [0, 0.05) is 6.42 Å². The van der Waals surface area contributed by atoms with E-state index in [1.165, 1.54) is 7.05 Å². The topological polar surface area (TPSA) is 43.1 Å². The van der Waals surface area contributed by atoms with Crippen LogP contribution < -0.4 is 5.73 Å². The van der Waals surface area contributed by atoms with Gasteiger partial charge in [0.05, 0.1) is 0 Å². The van der Waals surface area contributed by atoms with Crippen molar-refractivity contribution in [2.24, 2.45) is 5.73 Å². The van der Waals surface area contributed by atoms with Crippen LogP contribution in [0.25, 0.3) is 0 Å². The third-order valence-electron chi connectivity index (χ3n) is 0.676. The number of hydrogen-bond acceptors (Lipinski definition) is 2. The monoisotopic (exact) mass is 117 g/mol. The second-order valence-electron chi connectivity index (χ2n) is 1.31. The number of unbranched alkanes of at least 4 members (excludes halogenated alkanes) is 2. The summed E-state index contributed by atoms with van der Waals surface area (Å²) in [6.07, 6.45) is 3.86. The molecule has 0 bridgehead atoms. The summed E-state index contributed by atoms with van der Waals surface area (Å²) in [6, 6.07) is 0. The lowest BCUT2D eigenvalue weighted by Gasteiger charge is -1.79. The van der Waals surface area contributed by atoms with Crippen LogP contribution in [0.2, 0.25) is 0 Å². The molecule has 8 heavy (non-hydrogen) atoms. The number of rotatable bonds is 3. The Morgan fingerprint density at radius 3 is 2.12 bits per heavy atom. The molecule has 0 spiro atoms. The van der Waals surface area contributed by atoms with E-state index in [0.29, 0.717) is 0 Å². The van der Waals surface area contributed by atoms with Gasteiger partial charge in [0.15, 0.2) is 0 Å². The van der Waals surface area contributed by atoms with E-state index in [1.807, 2.05) is 0 Å². The van der Waals surface area contributed by atoms with Crippen LogP contribution >= 0.6 is 0 Å². The maximum atomic E-state index is 9.56. The second-order valence-corrected chi connectivity index (χ2v) is 1.31. The van der Waals surface area contributed by atoms with Gasteiger partial charge < -0.3 is 10.5 Å². The molecule has 0 aromatic heterocycles. The van der Waals surface area contributed by atoms with Crippen LogP contribution in [0.5, 0.6) is 0 Å². The van der Waals surface area contributed by atoms with Crippen molar-refractivity contribution in [1.29, 1.82) is 0 Å². The van der Waals surface area contributed by atoms with Gasteiger partial charge in [-0.2, -0.15) is 0 Å². The Kier molecular flexibility index (Phi) is 21.1. The molecule has 0 unspecified atom stereocenters. The largest absolute Gasteiger partial charge is 0.333 e. The maximum absolute atomic E-state index is 9.56. The predicted molar refractivity (Wildman–Crippen MR) is 35.7 cm³/mol. The Bertz CT molecular complexity index is 37.5.